The van der Waals surface area contributed by atoms with Crippen molar-refractivity contribution in [1.82, 2.24) is 15.1 Å². The average molecular weight is 394 g/mol. The van der Waals surface area contributed by atoms with Gasteiger partial charge in [0.15, 0.2) is 0 Å². The molecule has 0 atom stereocenters. The van der Waals surface area contributed by atoms with Crippen LogP contribution in [0.5, 0.6) is 0 Å². The van der Waals surface area contributed by atoms with Gasteiger partial charge in [0.2, 0.25) is 11.8 Å². The molecule has 0 unspecified atom stereocenters. The molecule has 0 radical (unpaired) electrons. The molecule has 3 aromatic rings. The van der Waals surface area contributed by atoms with Crippen molar-refractivity contribution in [3.63, 3.8) is 0 Å². The van der Waals surface area contributed by atoms with Crippen LogP contribution in [0.25, 0.3) is 0 Å². The molecule has 1 aliphatic heterocycles. The number of amides is 3. The normalized spacial score (nSPS) is 12.9. The highest BCUT2D eigenvalue weighted by Crippen LogP contribution is 2.23. The van der Waals surface area contributed by atoms with Crippen molar-refractivity contribution in [3.8, 4) is 0 Å². The topological polar surface area (TPSA) is 105 Å². The summed E-state index contributed by atoms with van der Waals surface area (Å²) in [5.74, 6) is -0.793. The number of rotatable bonds is 6. The third kappa shape index (κ3) is 3.65. The Morgan fingerprint density at radius 2 is 1.61 bits per heavy atom. The predicted octanol–water partition coefficient (Wildman–Crippen LogP) is 2.60. The summed E-state index contributed by atoms with van der Waals surface area (Å²) < 4.78 is 5.39. The fourth-order valence-corrected chi connectivity index (χ4v) is 3.47. The molecular formula is C19H14N4O4S. The first kappa shape index (κ1) is 17.9. The number of benzene rings is 2. The Bertz CT molecular complexity index is 1020. The first-order valence-corrected chi connectivity index (χ1v) is 9.35. The zero-order valence-corrected chi connectivity index (χ0v) is 15.3. The van der Waals surface area contributed by atoms with Crippen LogP contribution < -0.4 is 5.32 Å². The Morgan fingerprint density at radius 3 is 2.29 bits per heavy atom. The summed E-state index contributed by atoms with van der Waals surface area (Å²) in [6.45, 7) is -0.428. The third-order valence-corrected chi connectivity index (χ3v) is 5.00. The molecule has 9 heteroatoms. The largest absolute Gasteiger partial charge is 0.407 e. The molecule has 140 valence electrons. The van der Waals surface area contributed by atoms with Crippen LogP contribution in [0.15, 0.2) is 63.9 Å². The molecule has 8 nitrogen and oxygen atoms in total. The summed E-state index contributed by atoms with van der Waals surface area (Å²) in [5, 5.41) is 10.1. The molecule has 3 amide bonds. The highest BCUT2D eigenvalue weighted by atomic mass is 32.2. The summed E-state index contributed by atoms with van der Waals surface area (Å²) in [7, 11) is 0. The van der Waals surface area contributed by atoms with Gasteiger partial charge in [0.05, 0.1) is 16.9 Å². The van der Waals surface area contributed by atoms with E-state index in [4.69, 9.17) is 4.42 Å². The van der Waals surface area contributed by atoms with Gasteiger partial charge in [-0.15, -0.1) is 16.9 Å². The van der Waals surface area contributed by atoms with E-state index in [0.717, 1.165) is 9.80 Å². The lowest BCUT2D eigenvalue weighted by Crippen LogP contribution is -2.37. The number of thioether (sulfide) groups is 1. The van der Waals surface area contributed by atoms with E-state index in [1.54, 1.807) is 24.3 Å². The average Bonchev–Trinajstić information content (AvgIpc) is 3.26. The second-order valence-corrected chi connectivity index (χ2v) is 6.94. The molecule has 2 aromatic carbocycles. The van der Waals surface area contributed by atoms with Gasteiger partial charge in [-0.3, -0.25) is 24.6 Å². The van der Waals surface area contributed by atoms with Crippen molar-refractivity contribution in [2.45, 2.75) is 10.6 Å². The number of fused-ring (bicyclic) bond motifs is 1. The molecule has 1 aromatic heterocycles. The number of anilines is 1. The Labute approximate surface area is 163 Å². The number of nitrogens with zero attached hydrogens (tertiary/aromatic N) is 3. The first-order valence-electron chi connectivity index (χ1n) is 8.37. The quantitative estimate of drug-likeness (QED) is 0.506. The molecule has 28 heavy (non-hydrogen) atoms. The number of hydrogen-bond acceptors (Lipinski definition) is 7. The van der Waals surface area contributed by atoms with E-state index in [-0.39, 0.29) is 6.01 Å². The Hall–Kier alpha value is -3.46. The monoisotopic (exact) mass is 394 g/mol. The maximum atomic E-state index is 12.3. The van der Waals surface area contributed by atoms with Gasteiger partial charge in [-0.05, 0) is 24.3 Å². The van der Waals surface area contributed by atoms with E-state index in [0.29, 0.717) is 22.8 Å². The maximum Gasteiger partial charge on any atom is 0.322 e. The van der Waals surface area contributed by atoms with E-state index < -0.39 is 24.3 Å². The van der Waals surface area contributed by atoms with Gasteiger partial charge in [-0.2, -0.15) is 0 Å². The van der Waals surface area contributed by atoms with Gasteiger partial charge in [0, 0.05) is 4.90 Å². The fraction of sp³-hybridized carbons (Fsp3) is 0.105. The fourth-order valence-electron chi connectivity index (χ4n) is 2.71. The van der Waals surface area contributed by atoms with Crippen molar-refractivity contribution < 1.29 is 18.8 Å². The molecule has 2 heterocycles. The Kier molecular flexibility index (Phi) is 4.90. The lowest BCUT2D eigenvalue weighted by molar-refractivity contribution is -0.116. The number of carbonyl (C=O) groups is 3. The number of imide groups is 1. The molecule has 1 aliphatic rings. The Balaban J connectivity index is 1.34. The van der Waals surface area contributed by atoms with Gasteiger partial charge >= 0.3 is 6.01 Å². The van der Waals surface area contributed by atoms with Gasteiger partial charge in [0.1, 0.15) is 6.54 Å². The summed E-state index contributed by atoms with van der Waals surface area (Å²) in [6.07, 6.45) is 0. The van der Waals surface area contributed by atoms with Crippen LogP contribution in [0.3, 0.4) is 0 Å². The molecular weight excluding hydrogens is 380 g/mol. The van der Waals surface area contributed by atoms with Gasteiger partial charge in [-0.1, -0.05) is 35.4 Å². The van der Waals surface area contributed by atoms with E-state index in [1.165, 1.54) is 11.8 Å². The van der Waals surface area contributed by atoms with Crippen LogP contribution in [0.1, 0.15) is 26.6 Å². The minimum Gasteiger partial charge on any atom is -0.407 e. The van der Waals surface area contributed by atoms with E-state index >= 15 is 0 Å². The molecule has 0 aliphatic carbocycles. The van der Waals surface area contributed by atoms with Crippen LogP contribution >= 0.6 is 11.8 Å². The molecule has 0 saturated heterocycles. The lowest BCUT2D eigenvalue weighted by atomic mass is 10.1. The lowest BCUT2D eigenvalue weighted by Gasteiger charge is -2.12. The minimum absolute atomic E-state index is 0.0785. The van der Waals surface area contributed by atoms with Gasteiger partial charge in [-0.25, -0.2) is 0 Å². The smallest absolute Gasteiger partial charge is 0.322 e. The maximum absolute atomic E-state index is 12.3. The molecule has 0 fully saturated rings. The number of nitrogens with one attached hydrogen (secondary N) is 1. The Morgan fingerprint density at radius 1 is 0.964 bits per heavy atom. The molecule has 0 spiro atoms. The molecule has 0 saturated carbocycles. The second-order valence-electron chi connectivity index (χ2n) is 5.89. The van der Waals surface area contributed by atoms with Crippen molar-refractivity contribution in [2.75, 3.05) is 11.9 Å². The van der Waals surface area contributed by atoms with Crippen molar-refractivity contribution in [1.29, 1.82) is 0 Å². The van der Waals surface area contributed by atoms with Gasteiger partial charge < -0.3 is 4.42 Å². The number of carbonyl (C=O) groups excluding carboxylic acids is 3. The zero-order valence-electron chi connectivity index (χ0n) is 14.5. The molecule has 4 rings (SSSR count). The van der Waals surface area contributed by atoms with Gasteiger partial charge in [0.25, 0.3) is 11.8 Å². The summed E-state index contributed by atoms with van der Waals surface area (Å²) in [5.41, 5.74) is 0.580. The van der Waals surface area contributed by atoms with Crippen LogP contribution in [0.4, 0.5) is 6.01 Å². The van der Waals surface area contributed by atoms with Crippen LogP contribution in [0, 0.1) is 0 Å². The predicted molar refractivity (Wildman–Crippen MR) is 101 cm³/mol. The van der Waals surface area contributed by atoms with Crippen LogP contribution in [0.2, 0.25) is 0 Å². The van der Waals surface area contributed by atoms with Crippen LogP contribution in [-0.2, 0) is 10.5 Å². The standard InChI is InChI=1S/C19H14N4O4S/c24-15(10-23-17(25)13-8-4-5-9-14(13)18(23)26)20-19-22-21-16(27-19)11-28-12-6-2-1-3-7-12/h1-9H,10-11H2,(H,20,22,24). The third-order valence-electron chi connectivity index (χ3n) is 4.00. The number of aromatic nitrogens is 2. The van der Waals surface area contributed by atoms with Crippen molar-refractivity contribution >= 4 is 35.5 Å². The highest BCUT2D eigenvalue weighted by molar-refractivity contribution is 7.98. The van der Waals surface area contributed by atoms with E-state index in [1.807, 2.05) is 30.3 Å². The highest BCUT2D eigenvalue weighted by Gasteiger charge is 2.36. The molecule has 0 bridgehead atoms. The summed E-state index contributed by atoms with van der Waals surface area (Å²) in [6, 6.07) is 16.1. The zero-order chi connectivity index (χ0) is 19.5. The van der Waals surface area contributed by atoms with Crippen LogP contribution in [-0.4, -0.2) is 39.4 Å². The minimum atomic E-state index is -0.597. The first-order chi connectivity index (χ1) is 13.6. The summed E-state index contributed by atoms with van der Waals surface area (Å²) >= 11 is 1.52. The SMILES string of the molecule is O=C(CN1C(=O)c2ccccc2C1=O)Nc1nnc(CSc2ccccc2)o1. The van der Waals surface area contributed by atoms with Crippen molar-refractivity contribution in [2.24, 2.45) is 0 Å². The number of hydrogen-bond donors (Lipinski definition) is 1. The summed E-state index contributed by atoms with van der Waals surface area (Å²) in [4.78, 5) is 38.7. The molecule has 1 N–H and O–H groups in total. The second kappa shape index (κ2) is 7.65. The van der Waals surface area contributed by atoms with E-state index in [9.17, 15) is 14.4 Å². The van der Waals surface area contributed by atoms with Crippen molar-refractivity contribution in [3.05, 3.63) is 71.6 Å². The van der Waals surface area contributed by atoms with E-state index in [2.05, 4.69) is 15.5 Å².